The molecule has 2 aliphatic heterocycles. The second kappa shape index (κ2) is 9.35. The molecular formula is C27H25ClN2O5S. The first-order chi connectivity index (χ1) is 17.2. The molecule has 9 heteroatoms. The zero-order valence-corrected chi connectivity index (χ0v) is 21.9. The van der Waals surface area contributed by atoms with Crippen molar-refractivity contribution in [2.45, 2.75) is 39.8 Å². The van der Waals surface area contributed by atoms with Crippen molar-refractivity contribution in [3.63, 3.8) is 0 Å². The third-order valence-electron chi connectivity index (χ3n) is 6.66. The number of imide groups is 1. The fourth-order valence-corrected chi connectivity index (χ4v) is 6.02. The number of nitrogens with zero attached hydrogens (tertiary/aromatic N) is 2. The first-order valence-electron chi connectivity index (χ1n) is 11.7. The van der Waals surface area contributed by atoms with Crippen LogP contribution in [0.15, 0.2) is 48.5 Å². The smallest absolute Gasteiger partial charge is 0.341 e. The summed E-state index contributed by atoms with van der Waals surface area (Å²) in [5.74, 6) is -2.25. The lowest BCUT2D eigenvalue weighted by Gasteiger charge is -2.28. The molecule has 0 aliphatic carbocycles. The van der Waals surface area contributed by atoms with Crippen LogP contribution < -0.4 is 9.96 Å². The van der Waals surface area contributed by atoms with Crippen LogP contribution >= 0.6 is 22.9 Å². The molecule has 3 atom stereocenters. The van der Waals surface area contributed by atoms with Gasteiger partial charge in [0.25, 0.3) is 5.91 Å². The Balaban J connectivity index is 1.59. The highest BCUT2D eigenvalue weighted by Gasteiger charge is 2.61. The predicted molar refractivity (Wildman–Crippen MR) is 138 cm³/mol. The Morgan fingerprint density at radius 2 is 1.69 bits per heavy atom. The van der Waals surface area contributed by atoms with Crippen LogP contribution in [0, 0.1) is 26.7 Å². The van der Waals surface area contributed by atoms with Gasteiger partial charge in [0.2, 0.25) is 5.91 Å². The van der Waals surface area contributed by atoms with E-state index >= 15 is 0 Å². The summed E-state index contributed by atoms with van der Waals surface area (Å²) in [6.07, 6.45) is -1.03. The van der Waals surface area contributed by atoms with Crippen molar-refractivity contribution in [1.29, 1.82) is 0 Å². The second-order valence-corrected chi connectivity index (χ2v) is 10.5. The normalized spacial score (nSPS) is 21.3. The van der Waals surface area contributed by atoms with E-state index in [1.165, 1.54) is 11.3 Å². The van der Waals surface area contributed by atoms with Crippen molar-refractivity contribution < 1.29 is 24.0 Å². The Morgan fingerprint density at radius 1 is 1.03 bits per heavy atom. The lowest BCUT2D eigenvalue weighted by molar-refractivity contribution is -0.126. The molecule has 0 N–H and O–H groups in total. The van der Waals surface area contributed by atoms with Gasteiger partial charge in [-0.15, -0.1) is 11.3 Å². The third-order valence-corrected chi connectivity index (χ3v) is 8.11. The van der Waals surface area contributed by atoms with Crippen molar-refractivity contribution >= 4 is 51.4 Å². The maximum atomic E-state index is 14.0. The van der Waals surface area contributed by atoms with Crippen LogP contribution in [0.4, 0.5) is 10.7 Å². The van der Waals surface area contributed by atoms with Gasteiger partial charge in [0, 0.05) is 9.90 Å². The van der Waals surface area contributed by atoms with Crippen molar-refractivity contribution in [1.82, 2.24) is 0 Å². The average molecular weight is 525 g/mol. The molecule has 0 unspecified atom stereocenters. The maximum absolute atomic E-state index is 14.0. The minimum absolute atomic E-state index is 0.189. The number of amides is 2. The highest BCUT2D eigenvalue weighted by Crippen LogP contribution is 2.49. The summed E-state index contributed by atoms with van der Waals surface area (Å²) in [6.45, 7) is 7.54. The zero-order valence-electron chi connectivity index (χ0n) is 20.3. The lowest BCUT2D eigenvalue weighted by atomic mass is 9.90. The minimum Gasteiger partial charge on any atom is -0.462 e. The molecule has 3 aromatic rings. The maximum Gasteiger partial charge on any atom is 0.341 e. The summed E-state index contributed by atoms with van der Waals surface area (Å²) >= 11 is 7.32. The number of halogens is 1. The summed E-state index contributed by atoms with van der Waals surface area (Å²) in [5, 5.41) is 2.48. The van der Waals surface area contributed by atoms with Gasteiger partial charge in [-0.25, -0.2) is 14.8 Å². The van der Waals surface area contributed by atoms with E-state index in [2.05, 4.69) is 0 Å². The van der Waals surface area contributed by atoms with Crippen molar-refractivity contribution in [3.05, 3.63) is 80.7 Å². The van der Waals surface area contributed by atoms with Gasteiger partial charge < -0.3 is 4.74 Å². The molecule has 2 saturated heterocycles. The first kappa shape index (κ1) is 24.5. The van der Waals surface area contributed by atoms with Gasteiger partial charge in [-0.1, -0.05) is 41.4 Å². The fraction of sp³-hybridized carbons (Fsp3) is 0.296. The molecular weight excluding hydrogens is 500 g/mol. The van der Waals surface area contributed by atoms with Gasteiger partial charge in [0.05, 0.1) is 23.9 Å². The van der Waals surface area contributed by atoms with Gasteiger partial charge in [0.15, 0.2) is 6.10 Å². The molecule has 0 saturated carbocycles. The van der Waals surface area contributed by atoms with Crippen molar-refractivity contribution in [2.24, 2.45) is 5.92 Å². The van der Waals surface area contributed by atoms with E-state index in [9.17, 15) is 14.4 Å². The molecule has 2 aromatic carbocycles. The van der Waals surface area contributed by atoms with Crippen LogP contribution in [-0.4, -0.2) is 30.5 Å². The number of hydroxylamine groups is 1. The van der Waals surface area contributed by atoms with E-state index in [0.717, 1.165) is 20.9 Å². The van der Waals surface area contributed by atoms with E-state index in [4.69, 9.17) is 21.2 Å². The summed E-state index contributed by atoms with van der Waals surface area (Å²) in [4.78, 5) is 48.6. The van der Waals surface area contributed by atoms with Gasteiger partial charge in [-0.3, -0.25) is 14.4 Å². The SMILES string of the molecule is CCOC(=O)c1c(N2C(=O)[C@H]3[C@H](ON(c4ccc(Cl)cc4)[C@@H]3c3ccc(C)cc3)C2=O)sc(C)c1C. The molecule has 2 aliphatic rings. The number of fused-ring (bicyclic) bond motifs is 1. The summed E-state index contributed by atoms with van der Waals surface area (Å²) in [5.41, 5.74) is 3.55. The number of hydrogen-bond acceptors (Lipinski definition) is 7. The second-order valence-electron chi connectivity index (χ2n) is 8.91. The Labute approximate surface area is 218 Å². The van der Waals surface area contributed by atoms with Crippen LogP contribution in [0.1, 0.15) is 44.9 Å². The van der Waals surface area contributed by atoms with Gasteiger partial charge in [-0.05, 0) is 63.1 Å². The molecule has 0 radical (unpaired) electrons. The molecule has 5 rings (SSSR count). The number of ether oxygens (including phenoxy) is 1. The zero-order chi connectivity index (χ0) is 25.7. The number of hydrogen-bond donors (Lipinski definition) is 0. The molecule has 2 amide bonds. The standard InChI is InChI=1S/C27H25ClN2O5S/c1-5-34-27(33)20-15(3)16(4)36-26(20)29-24(31)21-22(17-8-6-14(2)7-9-17)30(35-23(21)25(29)32)19-12-10-18(28)11-13-19/h6-13,21-23H,5H2,1-4H3/t21-,22-,23+/m1/s1. The predicted octanol–water partition coefficient (Wildman–Crippen LogP) is 5.55. The topological polar surface area (TPSA) is 76.2 Å². The Morgan fingerprint density at radius 3 is 2.33 bits per heavy atom. The van der Waals surface area contributed by atoms with Crippen LogP contribution in [0.2, 0.25) is 5.02 Å². The molecule has 0 bridgehead atoms. The Bertz CT molecular complexity index is 1350. The summed E-state index contributed by atoms with van der Waals surface area (Å²) < 4.78 is 5.24. The van der Waals surface area contributed by atoms with Gasteiger partial charge >= 0.3 is 5.97 Å². The minimum atomic E-state index is -1.03. The Hall–Kier alpha value is -3.20. The van der Waals surface area contributed by atoms with E-state index in [1.807, 2.05) is 38.1 Å². The number of esters is 1. The molecule has 2 fully saturated rings. The van der Waals surface area contributed by atoms with Crippen LogP contribution in [-0.2, 0) is 19.2 Å². The quantitative estimate of drug-likeness (QED) is 0.321. The number of carbonyl (C=O) groups excluding carboxylic acids is 3. The van der Waals surface area contributed by atoms with E-state index in [1.54, 1.807) is 43.2 Å². The average Bonchev–Trinajstić information content (AvgIpc) is 3.45. The molecule has 3 heterocycles. The summed E-state index contributed by atoms with van der Waals surface area (Å²) in [7, 11) is 0. The molecule has 7 nitrogen and oxygen atoms in total. The van der Waals surface area contributed by atoms with E-state index in [-0.39, 0.29) is 17.2 Å². The number of anilines is 2. The number of carbonyl (C=O) groups is 3. The number of aryl methyl sites for hydroxylation is 2. The monoisotopic (exact) mass is 524 g/mol. The number of benzene rings is 2. The van der Waals surface area contributed by atoms with Crippen LogP contribution in [0.25, 0.3) is 0 Å². The fourth-order valence-electron chi connectivity index (χ4n) is 4.74. The number of thiophene rings is 1. The highest BCUT2D eigenvalue weighted by atomic mass is 35.5. The molecule has 1 aromatic heterocycles. The van der Waals surface area contributed by atoms with E-state index < -0.39 is 35.8 Å². The summed E-state index contributed by atoms with van der Waals surface area (Å²) in [6, 6.07) is 14.3. The Kier molecular flexibility index (Phi) is 6.36. The van der Waals surface area contributed by atoms with Crippen molar-refractivity contribution in [2.75, 3.05) is 16.6 Å². The van der Waals surface area contributed by atoms with Crippen LogP contribution in [0.3, 0.4) is 0 Å². The lowest BCUT2D eigenvalue weighted by Crippen LogP contribution is -2.37. The molecule has 36 heavy (non-hydrogen) atoms. The molecule has 186 valence electrons. The number of rotatable bonds is 5. The van der Waals surface area contributed by atoms with Crippen molar-refractivity contribution in [3.8, 4) is 0 Å². The first-order valence-corrected chi connectivity index (χ1v) is 12.9. The van der Waals surface area contributed by atoms with Gasteiger partial charge in [-0.2, -0.15) is 0 Å². The third kappa shape index (κ3) is 3.89. The van der Waals surface area contributed by atoms with E-state index in [0.29, 0.717) is 16.3 Å². The largest absolute Gasteiger partial charge is 0.462 e. The van der Waals surface area contributed by atoms with Crippen LogP contribution in [0.5, 0.6) is 0 Å². The highest BCUT2D eigenvalue weighted by molar-refractivity contribution is 7.17. The van der Waals surface area contributed by atoms with Gasteiger partial charge in [0.1, 0.15) is 10.9 Å². The molecule has 0 spiro atoms.